The SMILES string of the molecule is CC(C)(C)C1CCN(Cc2ccc(F)c(B(O)O)c2)C1. The maximum absolute atomic E-state index is 13.4. The number of hydrogen-bond donors (Lipinski definition) is 2. The summed E-state index contributed by atoms with van der Waals surface area (Å²) in [6.07, 6.45) is 1.18. The molecular formula is C15H23BFNO2. The lowest BCUT2D eigenvalue weighted by Crippen LogP contribution is -2.33. The van der Waals surface area contributed by atoms with Crippen molar-refractivity contribution in [1.29, 1.82) is 0 Å². The van der Waals surface area contributed by atoms with Gasteiger partial charge < -0.3 is 10.0 Å². The number of nitrogens with zero attached hydrogens (tertiary/aromatic N) is 1. The van der Waals surface area contributed by atoms with Crippen molar-refractivity contribution in [3.63, 3.8) is 0 Å². The van der Waals surface area contributed by atoms with Crippen LogP contribution in [0.2, 0.25) is 0 Å². The molecule has 0 aromatic heterocycles. The zero-order chi connectivity index (χ0) is 14.9. The highest BCUT2D eigenvalue weighted by Gasteiger charge is 2.31. The summed E-state index contributed by atoms with van der Waals surface area (Å²) in [5, 5.41) is 18.3. The summed E-state index contributed by atoms with van der Waals surface area (Å²) < 4.78 is 13.4. The Morgan fingerprint density at radius 3 is 2.60 bits per heavy atom. The van der Waals surface area contributed by atoms with Crippen molar-refractivity contribution in [2.24, 2.45) is 11.3 Å². The van der Waals surface area contributed by atoms with E-state index in [4.69, 9.17) is 10.0 Å². The first-order valence-electron chi connectivity index (χ1n) is 7.14. The predicted octanol–water partition coefficient (Wildman–Crippen LogP) is 1.37. The van der Waals surface area contributed by atoms with E-state index in [2.05, 4.69) is 25.7 Å². The maximum atomic E-state index is 13.4. The van der Waals surface area contributed by atoms with Gasteiger partial charge in [0.25, 0.3) is 0 Å². The van der Waals surface area contributed by atoms with Gasteiger partial charge in [0.1, 0.15) is 5.82 Å². The van der Waals surface area contributed by atoms with Crippen molar-refractivity contribution in [3.05, 3.63) is 29.6 Å². The fourth-order valence-corrected chi connectivity index (χ4v) is 2.83. The second-order valence-corrected chi connectivity index (χ2v) is 6.82. The Morgan fingerprint density at radius 2 is 2.05 bits per heavy atom. The minimum atomic E-state index is -1.75. The fourth-order valence-electron chi connectivity index (χ4n) is 2.83. The predicted molar refractivity (Wildman–Crippen MR) is 79.1 cm³/mol. The van der Waals surface area contributed by atoms with Crippen LogP contribution >= 0.6 is 0 Å². The Balaban J connectivity index is 2.03. The van der Waals surface area contributed by atoms with Crippen LogP contribution in [0.1, 0.15) is 32.8 Å². The van der Waals surface area contributed by atoms with Gasteiger partial charge in [0, 0.05) is 18.6 Å². The Hall–Kier alpha value is -0.905. The van der Waals surface area contributed by atoms with Crippen LogP contribution in [0.4, 0.5) is 4.39 Å². The Morgan fingerprint density at radius 1 is 1.35 bits per heavy atom. The van der Waals surface area contributed by atoms with Gasteiger partial charge in [0.05, 0.1) is 0 Å². The quantitative estimate of drug-likeness (QED) is 0.821. The second-order valence-electron chi connectivity index (χ2n) is 6.82. The number of halogens is 1. The molecule has 1 atom stereocenters. The Kier molecular flexibility index (Phi) is 4.52. The van der Waals surface area contributed by atoms with Gasteiger partial charge in [-0.1, -0.05) is 32.9 Å². The molecule has 1 aliphatic heterocycles. The third-order valence-electron chi connectivity index (χ3n) is 4.24. The summed E-state index contributed by atoms with van der Waals surface area (Å²) >= 11 is 0. The van der Waals surface area contributed by atoms with Crippen LogP contribution in [0.5, 0.6) is 0 Å². The van der Waals surface area contributed by atoms with E-state index in [-0.39, 0.29) is 5.46 Å². The van der Waals surface area contributed by atoms with Gasteiger partial charge in [-0.05, 0) is 35.9 Å². The summed E-state index contributed by atoms with van der Waals surface area (Å²) in [5.74, 6) is 0.101. The Bertz CT molecular complexity index is 473. The van der Waals surface area contributed by atoms with Crippen molar-refractivity contribution < 1.29 is 14.4 Å². The standard InChI is InChI=1S/C15H23BFNO2/c1-15(2,3)12-6-7-18(10-12)9-11-4-5-14(17)13(8-11)16(19)20/h4-5,8,12,19-20H,6-7,9-10H2,1-3H3. The van der Waals surface area contributed by atoms with Gasteiger partial charge in [-0.2, -0.15) is 0 Å². The van der Waals surface area contributed by atoms with Gasteiger partial charge in [0.15, 0.2) is 0 Å². The zero-order valence-electron chi connectivity index (χ0n) is 12.4. The van der Waals surface area contributed by atoms with E-state index in [1.165, 1.54) is 12.5 Å². The van der Waals surface area contributed by atoms with Crippen LogP contribution in [0, 0.1) is 17.2 Å². The molecular weight excluding hydrogens is 256 g/mol. The molecule has 1 saturated heterocycles. The monoisotopic (exact) mass is 279 g/mol. The highest BCUT2D eigenvalue weighted by atomic mass is 19.1. The van der Waals surface area contributed by atoms with Crippen LogP contribution in [0.25, 0.3) is 0 Å². The van der Waals surface area contributed by atoms with E-state index >= 15 is 0 Å². The molecule has 1 heterocycles. The molecule has 0 radical (unpaired) electrons. The summed E-state index contributed by atoms with van der Waals surface area (Å²) in [6.45, 7) is 9.60. The summed E-state index contributed by atoms with van der Waals surface area (Å²) in [6, 6.07) is 4.57. The highest BCUT2D eigenvalue weighted by Crippen LogP contribution is 2.33. The third kappa shape index (κ3) is 3.60. The van der Waals surface area contributed by atoms with Crippen LogP contribution in [0.3, 0.4) is 0 Å². The number of likely N-dealkylation sites (tertiary alicyclic amines) is 1. The molecule has 2 N–H and O–H groups in total. The minimum Gasteiger partial charge on any atom is -0.423 e. The van der Waals surface area contributed by atoms with Gasteiger partial charge >= 0.3 is 7.12 Å². The molecule has 0 aliphatic carbocycles. The number of benzene rings is 1. The van der Waals surface area contributed by atoms with Crippen molar-refractivity contribution in [3.8, 4) is 0 Å². The second kappa shape index (κ2) is 5.84. The molecule has 2 rings (SSSR count). The highest BCUT2D eigenvalue weighted by molar-refractivity contribution is 6.58. The van der Waals surface area contributed by atoms with Gasteiger partial charge in [-0.15, -0.1) is 0 Å². The molecule has 5 heteroatoms. The molecule has 0 bridgehead atoms. The van der Waals surface area contributed by atoms with E-state index < -0.39 is 12.9 Å². The van der Waals surface area contributed by atoms with Crippen LogP contribution in [-0.2, 0) is 6.54 Å². The van der Waals surface area contributed by atoms with E-state index in [0.717, 1.165) is 25.2 Å². The lowest BCUT2D eigenvalue weighted by Gasteiger charge is -2.27. The molecule has 1 unspecified atom stereocenters. The van der Waals surface area contributed by atoms with E-state index in [0.29, 0.717) is 11.3 Å². The summed E-state index contributed by atoms with van der Waals surface area (Å²) in [7, 11) is -1.75. The van der Waals surface area contributed by atoms with Crippen LogP contribution < -0.4 is 5.46 Å². The van der Waals surface area contributed by atoms with Gasteiger partial charge in [-0.25, -0.2) is 4.39 Å². The van der Waals surface area contributed by atoms with Crippen molar-refractivity contribution >= 4 is 12.6 Å². The molecule has 1 fully saturated rings. The minimum absolute atomic E-state index is 0.0472. The number of rotatable bonds is 3. The molecule has 0 amide bonds. The molecule has 0 spiro atoms. The average Bonchev–Trinajstić information content (AvgIpc) is 2.79. The summed E-state index contributed by atoms with van der Waals surface area (Å²) in [4.78, 5) is 2.34. The first kappa shape index (κ1) is 15.5. The zero-order valence-corrected chi connectivity index (χ0v) is 12.4. The molecule has 1 aliphatic rings. The molecule has 0 saturated carbocycles. The molecule has 110 valence electrons. The molecule has 1 aromatic carbocycles. The van der Waals surface area contributed by atoms with Crippen molar-refractivity contribution in [2.75, 3.05) is 13.1 Å². The third-order valence-corrected chi connectivity index (χ3v) is 4.24. The lowest BCUT2D eigenvalue weighted by molar-refractivity contribution is 0.226. The van der Waals surface area contributed by atoms with Gasteiger partial charge in [-0.3, -0.25) is 4.90 Å². The fraction of sp³-hybridized carbons (Fsp3) is 0.600. The molecule has 20 heavy (non-hydrogen) atoms. The van der Waals surface area contributed by atoms with E-state index in [9.17, 15) is 4.39 Å². The molecule has 1 aromatic rings. The largest absolute Gasteiger partial charge is 0.491 e. The maximum Gasteiger partial charge on any atom is 0.491 e. The number of hydrogen-bond acceptors (Lipinski definition) is 3. The first-order valence-corrected chi connectivity index (χ1v) is 7.14. The van der Waals surface area contributed by atoms with Crippen molar-refractivity contribution in [2.45, 2.75) is 33.7 Å². The summed E-state index contributed by atoms with van der Waals surface area (Å²) in [5.41, 5.74) is 1.18. The van der Waals surface area contributed by atoms with Crippen LogP contribution in [0.15, 0.2) is 18.2 Å². The Labute approximate surface area is 120 Å². The average molecular weight is 279 g/mol. The van der Waals surface area contributed by atoms with Crippen LogP contribution in [-0.4, -0.2) is 35.2 Å². The smallest absolute Gasteiger partial charge is 0.423 e. The normalized spacial score (nSPS) is 20.4. The molecule has 3 nitrogen and oxygen atoms in total. The van der Waals surface area contributed by atoms with E-state index in [1.54, 1.807) is 12.1 Å². The first-order chi connectivity index (χ1) is 9.27. The van der Waals surface area contributed by atoms with Crippen molar-refractivity contribution in [1.82, 2.24) is 4.90 Å². The lowest BCUT2D eigenvalue weighted by atomic mass is 9.79. The van der Waals surface area contributed by atoms with Gasteiger partial charge in [0.2, 0.25) is 0 Å². The van der Waals surface area contributed by atoms with E-state index in [1.807, 2.05) is 0 Å². The topological polar surface area (TPSA) is 43.7 Å².